The molecule has 214 valence electrons. The summed E-state index contributed by atoms with van der Waals surface area (Å²) in [7, 11) is 0. The molecule has 6 aromatic rings. The van der Waals surface area contributed by atoms with Gasteiger partial charge in [0.25, 0.3) is 0 Å². The Morgan fingerprint density at radius 3 is 2.16 bits per heavy atom. The minimum Gasteiger partial charge on any atom is -0.478 e. The lowest BCUT2D eigenvalue weighted by Gasteiger charge is -2.08. The Kier molecular flexibility index (Phi) is 7.89. The molecule has 6 nitrogen and oxygen atoms in total. The molecule has 0 bridgehead atoms. The molecule has 6 rings (SSSR count). The molecule has 2 heterocycles. The molecule has 0 radical (unpaired) electrons. The van der Waals surface area contributed by atoms with Gasteiger partial charge in [-0.05, 0) is 73.0 Å². The van der Waals surface area contributed by atoms with Crippen LogP contribution in [0.15, 0.2) is 91.1 Å². The van der Waals surface area contributed by atoms with E-state index in [0.29, 0.717) is 16.6 Å². The van der Waals surface area contributed by atoms with Crippen molar-refractivity contribution in [3.63, 3.8) is 0 Å². The molecule has 0 saturated carbocycles. The van der Waals surface area contributed by atoms with Crippen LogP contribution in [0.1, 0.15) is 35.6 Å². The van der Waals surface area contributed by atoms with Gasteiger partial charge in [0, 0.05) is 35.4 Å². The Morgan fingerprint density at radius 2 is 1.51 bits per heavy atom. The van der Waals surface area contributed by atoms with E-state index in [1.54, 1.807) is 24.3 Å². The molecule has 43 heavy (non-hydrogen) atoms. The third kappa shape index (κ3) is 5.72. The number of carbonyl (C=O) groups is 1. The number of halogens is 2. The van der Waals surface area contributed by atoms with Gasteiger partial charge in [-0.25, -0.2) is 14.8 Å². The van der Waals surface area contributed by atoms with Gasteiger partial charge in [0.05, 0.1) is 27.3 Å². The number of benzene rings is 4. The average molecular weight is 608 g/mol. The van der Waals surface area contributed by atoms with Crippen LogP contribution >= 0.6 is 23.2 Å². The second kappa shape index (κ2) is 11.9. The second-order valence-corrected chi connectivity index (χ2v) is 11.0. The SMILES string of the molecule is CCn1cc(-c2ccc(Cl)cc2Cl)nc1C=Cc1ccc(-c2ccc(-c3nc4ccc(C(=O)O)cc4n3CC)cc2)cc1. The summed E-state index contributed by atoms with van der Waals surface area (Å²) < 4.78 is 4.14. The number of imidazole rings is 2. The first-order valence-electron chi connectivity index (χ1n) is 14.0. The fraction of sp³-hybridized carbons (Fsp3) is 0.114. The van der Waals surface area contributed by atoms with Crippen LogP contribution in [-0.4, -0.2) is 30.2 Å². The van der Waals surface area contributed by atoms with Crippen molar-refractivity contribution in [1.82, 2.24) is 19.1 Å². The molecule has 4 aromatic carbocycles. The van der Waals surface area contributed by atoms with Gasteiger partial charge in [-0.2, -0.15) is 0 Å². The first-order valence-corrected chi connectivity index (χ1v) is 14.7. The molecule has 1 N–H and O–H groups in total. The number of hydrogen-bond donors (Lipinski definition) is 1. The maximum Gasteiger partial charge on any atom is 0.335 e. The number of aryl methyl sites for hydroxylation is 2. The van der Waals surface area contributed by atoms with E-state index in [2.05, 4.69) is 70.7 Å². The minimum absolute atomic E-state index is 0.255. The maximum absolute atomic E-state index is 11.5. The summed E-state index contributed by atoms with van der Waals surface area (Å²) in [5, 5.41) is 10.6. The number of fused-ring (bicyclic) bond motifs is 1. The Bertz CT molecular complexity index is 1990. The minimum atomic E-state index is -0.945. The zero-order valence-corrected chi connectivity index (χ0v) is 25.1. The van der Waals surface area contributed by atoms with Crippen molar-refractivity contribution in [2.24, 2.45) is 0 Å². The molecule has 0 spiro atoms. The Labute approximate surface area is 259 Å². The molecule has 0 atom stereocenters. The molecule has 2 aromatic heterocycles. The number of carboxylic acids is 1. The zero-order valence-electron chi connectivity index (χ0n) is 23.6. The average Bonchev–Trinajstić information content (AvgIpc) is 3.61. The van der Waals surface area contributed by atoms with Gasteiger partial charge >= 0.3 is 5.97 Å². The van der Waals surface area contributed by atoms with Crippen LogP contribution in [0.2, 0.25) is 10.0 Å². The van der Waals surface area contributed by atoms with Crippen LogP contribution in [0.25, 0.3) is 57.0 Å². The first-order chi connectivity index (χ1) is 20.8. The van der Waals surface area contributed by atoms with E-state index in [9.17, 15) is 9.90 Å². The Morgan fingerprint density at radius 1 is 0.814 bits per heavy atom. The summed E-state index contributed by atoms with van der Waals surface area (Å²) in [5.74, 6) is 0.721. The summed E-state index contributed by atoms with van der Waals surface area (Å²) >= 11 is 12.5. The number of rotatable bonds is 8. The van der Waals surface area contributed by atoms with E-state index in [1.165, 1.54) is 0 Å². The fourth-order valence-electron chi connectivity index (χ4n) is 5.21. The highest BCUT2D eigenvalue weighted by atomic mass is 35.5. The summed E-state index contributed by atoms with van der Waals surface area (Å²) in [6.45, 7) is 5.58. The first kappa shape index (κ1) is 28.5. The normalized spacial score (nSPS) is 11.5. The van der Waals surface area contributed by atoms with Crippen molar-refractivity contribution in [2.75, 3.05) is 0 Å². The van der Waals surface area contributed by atoms with Crippen LogP contribution in [-0.2, 0) is 13.1 Å². The van der Waals surface area contributed by atoms with Gasteiger partial charge < -0.3 is 14.2 Å². The molecule has 0 aliphatic rings. The Hall–Kier alpha value is -4.65. The van der Waals surface area contributed by atoms with Gasteiger partial charge in [0.15, 0.2) is 0 Å². The van der Waals surface area contributed by atoms with Crippen LogP contribution in [0.5, 0.6) is 0 Å². The second-order valence-electron chi connectivity index (χ2n) is 10.1. The third-order valence-corrected chi connectivity index (χ3v) is 8.03. The summed E-state index contributed by atoms with van der Waals surface area (Å²) in [4.78, 5) is 21.1. The third-order valence-electron chi connectivity index (χ3n) is 7.48. The lowest BCUT2D eigenvalue weighted by molar-refractivity contribution is 0.0697. The standard InChI is InChI=1S/C35H28Cl2N4O2/c1-3-40-21-31(28-16-15-27(36)20-29(28)37)38-33(40)18-7-22-5-8-23(9-6-22)24-10-12-25(13-11-24)34-39-30-17-14-26(35(42)43)19-32(30)41(34)4-2/h5-21H,3-4H2,1-2H3,(H,42,43). The van der Waals surface area contributed by atoms with Crippen LogP contribution in [0.3, 0.4) is 0 Å². The summed E-state index contributed by atoms with van der Waals surface area (Å²) in [6.07, 6.45) is 6.07. The molecule has 0 saturated heterocycles. The predicted octanol–water partition coefficient (Wildman–Crippen LogP) is 9.45. The van der Waals surface area contributed by atoms with Crippen molar-refractivity contribution in [2.45, 2.75) is 26.9 Å². The summed E-state index contributed by atoms with van der Waals surface area (Å²) in [6, 6.07) is 27.2. The molecular weight excluding hydrogens is 579 g/mol. The number of nitrogens with zero attached hydrogens (tertiary/aromatic N) is 4. The van der Waals surface area contributed by atoms with Gasteiger partial charge in [-0.3, -0.25) is 0 Å². The van der Waals surface area contributed by atoms with Crippen LogP contribution in [0, 0.1) is 0 Å². The molecule has 0 aliphatic heterocycles. The van der Waals surface area contributed by atoms with Gasteiger partial charge in [-0.1, -0.05) is 77.8 Å². The number of hydrogen-bond acceptors (Lipinski definition) is 3. The van der Waals surface area contributed by atoms with Crippen molar-refractivity contribution < 1.29 is 9.90 Å². The maximum atomic E-state index is 11.5. The van der Waals surface area contributed by atoms with Crippen molar-refractivity contribution in [1.29, 1.82) is 0 Å². The quantitative estimate of drug-likeness (QED) is 0.187. The predicted molar refractivity (Wildman–Crippen MR) is 176 cm³/mol. The van der Waals surface area contributed by atoms with Gasteiger partial charge in [0.2, 0.25) is 0 Å². The van der Waals surface area contributed by atoms with Gasteiger partial charge in [0.1, 0.15) is 11.6 Å². The van der Waals surface area contributed by atoms with Crippen LogP contribution < -0.4 is 0 Å². The number of carboxylic acid groups (broad SMARTS) is 1. The van der Waals surface area contributed by atoms with E-state index >= 15 is 0 Å². The molecule has 0 fully saturated rings. The monoisotopic (exact) mass is 606 g/mol. The van der Waals surface area contributed by atoms with E-state index in [-0.39, 0.29) is 5.56 Å². The smallest absolute Gasteiger partial charge is 0.335 e. The van der Waals surface area contributed by atoms with E-state index < -0.39 is 5.97 Å². The summed E-state index contributed by atoms with van der Waals surface area (Å²) in [5.41, 5.74) is 7.75. The molecular formula is C35H28Cl2N4O2. The molecule has 0 aliphatic carbocycles. The highest BCUT2D eigenvalue weighted by molar-refractivity contribution is 6.36. The molecule has 0 unspecified atom stereocenters. The lowest BCUT2D eigenvalue weighted by Crippen LogP contribution is -1.99. The van der Waals surface area contributed by atoms with Gasteiger partial charge in [-0.15, -0.1) is 0 Å². The van der Waals surface area contributed by atoms with Crippen molar-refractivity contribution >= 4 is 52.4 Å². The highest BCUT2D eigenvalue weighted by Gasteiger charge is 2.14. The zero-order chi connectivity index (χ0) is 30.1. The van der Waals surface area contributed by atoms with E-state index in [4.69, 9.17) is 33.2 Å². The van der Waals surface area contributed by atoms with E-state index in [0.717, 1.165) is 62.7 Å². The largest absolute Gasteiger partial charge is 0.478 e. The van der Waals surface area contributed by atoms with E-state index in [1.807, 2.05) is 31.3 Å². The van der Waals surface area contributed by atoms with Crippen molar-refractivity contribution in [3.05, 3.63) is 118 Å². The topological polar surface area (TPSA) is 72.9 Å². The highest BCUT2D eigenvalue weighted by Crippen LogP contribution is 2.31. The molecule has 0 amide bonds. The lowest BCUT2D eigenvalue weighted by atomic mass is 10.0. The van der Waals surface area contributed by atoms with Crippen LogP contribution in [0.4, 0.5) is 0 Å². The number of aromatic carboxylic acids is 1. The number of aromatic nitrogens is 4. The molecule has 8 heteroatoms. The Balaban J connectivity index is 1.21. The van der Waals surface area contributed by atoms with Crippen molar-refractivity contribution in [3.8, 4) is 33.8 Å². The fourth-order valence-corrected chi connectivity index (χ4v) is 5.71.